The Hall–Kier alpha value is -3.35. The molecular weight excluding hydrogens is 450 g/mol. The van der Waals surface area contributed by atoms with Crippen LogP contribution in [0.5, 0.6) is 0 Å². The summed E-state index contributed by atoms with van der Waals surface area (Å²) in [5, 5.41) is 0. The lowest BCUT2D eigenvalue weighted by Gasteiger charge is -2.19. The highest BCUT2D eigenvalue weighted by molar-refractivity contribution is 5.70. The van der Waals surface area contributed by atoms with Crippen molar-refractivity contribution >= 4 is 29.4 Å². The quantitative estimate of drug-likeness (QED) is 0.505. The number of aromatic amines is 1. The second kappa shape index (κ2) is 11.2. The first-order valence-corrected chi connectivity index (χ1v) is 11.5. The number of anilines is 1. The number of carbonyl (C=O) groups excluding carboxylic acids is 2. The molecule has 2 heterocycles. The molecule has 2 aromatic rings. The van der Waals surface area contributed by atoms with Crippen molar-refractivity contribution < 1.29 is 33.3 Å². The molecular formula is C21H29N5O8. The molecule has 4 rings (SSSR count). The van der Waals surface area contributed by atoms with Crippen molar-refractivity contribution in [3.05, 3.63) is 16.7 Å². The summed E-state index contributed by atoms with van der Waals surface area (Å²) in [6.07, 6.45) is 5.96. The number of hydrogen-bond donors (Lipinski definition) is 2. The smallest absolute Gasteiger partial charge is 0.431 e. The molecule has 186 valence electrons. The minimum Gasteiger partial charge on any atom is -0.431 e. The molecule has 2 aromatic heterocycles. The topological polar surface area (TPSA) is 170 Å². The van der Waals surface area contributed by atoms with E-state index in [4.69, 9.17) is 29.4 Å². The van der Waals surface area contributed by atoms with Gasteiger partial charge in [-0.15, -0.1) is 0 Å². The van der Waals surface area contributed by atoms with Gasteiger partial charge in [0.15, 0.2) is 11.2 Å². The van der Waals surface area contributed by atoms with E-state index in [1.807, 2.05) is 0 Å². The van der Waals surface area contributed by atoms with Crippen LogP contribution in [-0.4, -0.2) is 63.4 Å². The predicted molar refractivity (Wildman–Crippen MR) is 117 cm³/mol. The van der Waals surface area contributed by atoms with Crippen LogP contribution in [-0.2, 0) is 30.4 Å². The molecule has 34 heavy (non-hydrogen) atoms. The van der Waals surface area contributed by atoms with Gasteiger partial charge in [0.05, 0.1) is 6.33 Å². The molecule has 0 saturated heterocycles. The van der Waals surface area contributed by atoms with Crippen molar-refractivity contribution in [2.24, 2.45) is 0 Å². The Morgan fingerprint density at radius 1 is 1.03 bits per heavy atom. The lowest BCUT2D eigenvalue weighted by atomic mass is 10.3. The maximum atomic E-state index is 12.0. The number of carbonyl (C=O) groups is 2. The molecule has 2 aliphatic carbocycles. The normalized spacial score (nSPS) is 16.9. The second-order valence-corrected chi connectivity index (χ2v) is 8.43. The maximum absolute atomic E-state index is 12.0. The van der Waals surface area contributed by atoms with Crippen LogP contribution in [0.25, 0.3) is 11.2 Å². The van der Waals surface area contributed by atoms with Crippen LogP contribution >= 0.6 is 0 Å². The van der Waals surface area contributed by atoms with E-state index in [0.29, 0.717) is 0 Å². The van der Waals surface area contributed by atoms with Gasteiger partial charge in [-0.05, 0) is 51.4 Å². The molecule has 0 spiro atoms. The van der Waals surface area contributed by atoms with Gasteiger partial charge >= 0.3 is 12.3 Å². The summed E-state index contributed by atoms with van der Waals surface area (Å²) in [5.41, 5.74) is 5.46. The van der Waals surface area contributed by atoms with Gasteiger partial charge in [0.25, 0.3) is 5.56 Å². The zero-order valence-electron chi connectivity index (χ0n) is 18.8. The Balaban J connectivity index is 1.34. The van der Waals surface area contributed by atoms with Crippen molar-refractivity contribution in [2.75, 3.05) is 18.9 Å². The highest BCUT2D eigenvalue weighted by Crippen LogP contribution is 2.22. The molecule has 0 aromatic carbocycles. The Bertz CT molecular complexity index is 1010. The maximum Gasteiger partial charge on any atom is 0.508 e. The molecule has 0 radical (unpaired) electrons. The molecule has 2 saturated carbocycles. The average molecular weight is 479 g/mol. The standard InChI is InChI=1S/C21H29N5O8/c22-19-24-17-16(18(27)25-19)23-11-26(17)12-32-15(9-30-20(28)33-13-5-1-2-6-13)10-31-21(29)34-14-7-3-4-8-14/h11,13-15H,1-10,12H2,(H3,22,24,25,27). The zero-order chi connectivity index (χ0) is 23.9. The summed E-state index contributed by atoms with van der Waals surface area (Å²) in [6, 6.07) is 0. The van der Waals surface area contributed by atoms with Crippen LogP contribution in [0, 0.1) is 0 Å². The number of nitrogens with one attached hydrogen (secondary N) is 1. The Kier molecular flexibility index (Phi) is 7.83. The summed E-state index contributed by atoms with van der Waals surface area (Å²) in [5.74, 6) is -0.0632. The molecule has 3 N–H and O–H groups in total. The van der Waals surface area contributed by atoms with Gasteiger partial charge in [-0.1, -0.05) is 0 Å². The van der Waals surface area contributed by atoms with Gasteiger partial charge < -0.3 is 29.4 Å². The first-order chi connectivity index (χ1) is 16.5. The van der Waals surface area contributed by atoms with Crippen LogP contribution in [0.4, 0.5) is 15.5 Å². The van der Waals surface area contributed by atoms with E-state index in [-0.39, 0.29) is 49.3 Å². The molecule has 0 bridgehead atoms. The van der Waals surface area contributed by atoms with Gasteiger partial charge in [0, 0.05) is 0 Å². The van der Waals surface area contributed by atoms with Gasteiger partial charge in [-0.2, -0.15) is 4.98 Å². The number of ether oxygens (including phenoxy) is 5. The van der Waals surface area contributed by atoms with Gasteiger partial charge in [-0.25, -0.2) is 14.6 Å². The second-order valence-electron chi connectivity index (χ2n) is 8.43. The molecule has 0 aliphatic heterocycles. The lowest BCUT2D eigenvalue weighted by Crippen LogP contribution is -2.31. The average Bonchev–Trinajstić information content (AvgIpc) is 3.56. The zero-order valence-corrected chi connectivity index (χ0v) is 18.8. The summed E-state index contributed by atoms with van der Waals surface area (Å²) in [6.45, 7) is -0.546. The number of nitrogens with zero attached hydrogens (tertiary/aromatic N) is 3. The third-order valence-corrected chi connectivity index (χ3v) is 5.85. The number of aromatic nitrogens is 4. The first-order valence-electron chi connectivity index (χ1n) is 11.5. The van der Waals surface area contributed by atoms with E-state index in [9.17, 15) is 14.4 Å². The van der Waals surface area contributed by atoms with Crippen LogP contribution in [0.15, 0.2) is 11.1 Å². The fraction of sp³-hybridized carbons (Fsp3) is 0.667. The number of nitrogen functional groups attached to an aromatic ring is 1. The van der Waals surface area contributed by atoms with Crippen LogP contribution in [0.1, 0.15) is 51.4 Å². The van der Waals surface area contributed by atoms with E-state index in [1.165, 1.54) is 10.9 Å². The minimum absolute atomic E-state index is 0.0632. The Labute approximate surface area is 194 Å². The SMILES string of the molecule is Nc1nc2c(ncn2COC(COC(=O)OC2CCCC2)COC(=O)OC2CCCC2)c(=O)[nH]1. The predicted octanol–water partition coefficient (Wildman–Crippen LogP) is 2.24. The number of hydrogen-bond acceptors (Lipinski definition) is 11. The largest absolute Gasteiger partial charge is 0.508 e. The van der Waals surface area contributed by atoms with Crippen molar-refractivity contribution in [1.29, 1.82) is 0 Å². The van der Waals surface area contributed by atoms with Crippen LogP contribution in [0.3, 0.4) is 0 Å². The number of fused-ring (bicyclic) bond motifs is 1. The van der Waals surface area contributed by atoms with E-state index in [1.54, 1.807) is 0 Å². The fourth-order valence-electron chi connectivity index (χ4n) is 4.07. The lowest BCUT2D eigenvalue weighted by molar-refractivity contribution is -0.0768. The molecule has 0 unspecified atom stereocenters. The minimum atomic E-state index is -0.830. The van der Waals surface area contributed by atoms with Crippen molar-refractivity contribution in [3.63, 3.8) is 0 Å². The summed E-state index contributed by atoms with van der Waals surface area (Å²) in [4.78, 5) is 46.5. The number of H-pyrrole nitrogens is 1. The summed E-state index contributed by atoms with van der Waals surface area (Å²) >= 11 is 0. The third kappa shape index (κ3) is 6.37. The molecule has 0 amide bonds. The molecule has 0 atom stereocenters. The van der Waals surface area contributed by atoms with Gasteiger partial charge in [-0.3, -0.25) is 14.3 Å². The van der Waals surface area contributed by atoms with Crippen LogP contribution in [0.2, 0.25) is 0 Å². The molecule has 2 fully saturated rings. The number of rotatable bonds is 9. The van der Waals surface area contributed by atoms with Crippen molar-refractivity contribution in [2.45, 2.75) is 76.4 Å². The number of imidazole rings is 1. The summed E-state index contributed by atoms with van der Waals surface area (Å²) in [7, 11) is 0. The van der Waals surface area contributed by atoms with E-state index < -0.39 is 24.0 Å². The monoisotopic (exact) mass is 479 g/mol. The van der Waals surface area contributed by atoms with E-state index >= 15 is 0 Å². The highest BCUT2D eigenvalue weighted by atomic mass is 16.7. The molecule has 13 heteroatoms. The van der Waals surface area contributed by atoms with E-state index in [2.05, 4.69) is 15.0 Å². The molecule has 13 nitrogen and oxygen atoms in total. The molecule has 2 aliphatic rings. The van der Waals surface area contributed by atoms with E-state index in [0.717, 1.165) is 51.4 Å². The highest BCUT2D eigenvalue weighted by Gasteiger charge is 2.24. The Morgan fingerprint density at radius 2 is 1.59 bits per heavy atom. The fourth-order valence-corrected chi connectivity index (χ4v) is 4.07. The van der Waals surface area contributed by atoms with Crippen LogP contribution < -0.4 is 11.3 Å². The number of nitrogens with two attached hydrogens (primary N) is 1. The van der Waals surface area contributed by atoms with Gasteiger partial charge in [0.1, 0.15) is 38.3 Å². The third-order valence-electron chi connectivity index (χ3n) is 5.85. The van der Waals surface area contributed by atoms with Crippen molar-refractivity contribution in [3.8, 4) is 0 Å². The van der Waals surface area contributed by atoms with Gasteiger partial charge in [0.2, 0.25) is 5.95 Å². The van der Waals surface area contributed by atoms with Crippen molar-refractivity contribution in [1.82, 2.24) is 19.5 Å². The summed E-state index contributed by atoms with van der Waals surface area (Å²) < 4.78 is 28.2. The Morgan fingerprint density at radius 3 is 2.15 bits per heavy atom. The first kappa shape index (κ1) is 23.8.